The maximum atomic E-state index is 12.3. The number of fused-ring (bicyclic) bond motifs is 1. The first-order chi connectivity index (χ1) is 12.3. The van der Waals surface area contributed by atoms with Gasteiger partial charge in [-0.2, -0.15) is 0 Å². The minimum absolute atomic E-state index is 0.0821. The molecule has 1 unspecified atom stereocenters. The second kappa shape index (κ2) is 7.37. The second-order valence-corrected chi connectivity index (χ2v) is 6.26. The van der Waals surface area contributed by atoms with E-state index in [9.17, 15) is 23.1 Å². The summed E-state index contributed by atoms with van der Waals surface area (Å²) in [4.78, 5) is 12.3. The summed E-state index contributed by atoms with van der Waals surface area (Å²) in [6.07, 6.45) is -3.38. The smallest absolute Gasteiger partial charge is 0.406 e. The van der Waals surface area contributed by atoms with Gasteiger partial charge in [0.05, 0.1) is 12.5 Å². The van der Waals surface area contributed by atoms with Crippen LogP contribution in [0.15, 0.2) is 42.5 Å². The van der Waals surface area contributed by atoms with Gasteiger partial charge in [-0.15, -0.1) is 13.2 Å². The molecule has 138 valence electrons. The van der Waals surface area contributed by atoms with E-state index in [1.807, 2.05) is 12.1 Å². The molecule has 0 radical (unpaired) electrons. The molecule has 1 atom stereocenters. The van der Waals surface area contributed by atoms with Crippen molar-refractivity contribution in [2.75, 3.05) is 5.32 Å². The number of aliphatic hydroxyl groups is 1. The number of carbonyl (C=O) groups excluding carboxylic acids is 1. The zero-order valence-corrected chi connectivity index (χ0v) is 13.8. The van der Waals surface area contributed by atoms with Crippen molar-refractivity contribution < 1.29 is 27.8 Å². The number of benzene rings is 2. The van der Waals surface area contributed by atoms with Crippen LogP contribution in [0.2, 0.25) is 0 Å². The Morgan fingerprint density at radius 1 is 1.23 bits per heavy atom. The quantitative estimate of drug-likeness (QED) is 0.870. The number of anilines is 1. The summed E-state index contributed by atoms with van der Waals surface area (Å²) in [7, 11) is 0. The van der Waals surface area contributed by atoms with Crippen LogP contribution in [-0.2, 0) is 24.1 Å². The summed E-state index contributed by atoms with van der Waals surface area (Å²) in [5, 5.41) is 12.6. The monoisotopic (exact) mass is 365 g/mol. The molecule has 0 bridgehead atoms. The Hall–Kier alpha value is -2.54. The molecule has 1 aliphatic carbocycles. The summed E-state index contributed by atoms with van der Waals surface area (Å²) in [5.41, 5.74) is 3.05. The average molecular weight is 365 g/mol. The first kappa shape index (κ1) is 18.3. The van der Waals surface area contributed by atoms with E-state index in [2.05, 4.69) is 10.1 Å². The van der Waals surface area contributed by atoms with Crippen molar-refractivity contribution in [3.63, 3.8) is 0 Å². The maximum absolute atomic E-state index is 12.3. The van der Waals surface area contributed by atoms with Crippen LogP contribution in [0.25, 0.3) is 0 Å². The third kappa shape index (κ3) is 4.76. The molecule has 1 aliphatic rings. The second-order valence-electron chi connectivity index (χ2n) is 6.26. The minimum atomic E-state index is -4.77. The van der Waals surface area contributed by atoms with Crippen molar-refractivity contribution >= 4 is 11.6 Å². The lowest BCUT2D eigenvalue weighted by molar-refractivity contribution is -0.274. The van der Waals surface area contributed by atoms with Gasteiger partial charge in [0.2, 0.25) is 5.91 Å². The third-order valence-corrected chi connectivity index (χ3v) is 4.23. The van der Waals surface area contributed by atoms with Crippen molar-refractivity contribution in [3.05, 3.63) is 59.2 Å². The van der Waals surface area contributed by atoms with Gasteiger partial charge in [0.15, 0.2) is 0 Å². The molecule has 3 rings (SSSR count). The first-order valence-electron chi connectivity index (χ1n) is 8.23. The standard InChI is InChI=1S/C19H18F3NO3/c20-19(21,22)26-15-5-1-3-12(9-15)10-18(25)23-17-6-2-4-13-7-8-14(24)11-16(13)17/h1-6,9,14,24H,7-8,10-11H2,(H,23,25). The van der Waals surface area contributed by atoms with Crippen LogP contribution in [-0.4, -0.2) is 23.5 Å². The number of rotatable bonds is 4. The summed E-state index contributed by atoms with van der Waals surface area (Å²) in [5.74, 6) is -0.703. The highest BCUT2D eigenvalue weighted by Gasteiger charge is 2.31. The fraction of sp³-hybridized carbons (Fsp3) is 0.316. The number of aliphatic hydroxyl groups excluding tert-OH is 1. The van der Waals surface area contributed by atoms with E-state index in [0.29, 0.717) is 24.1 Å². The van der Waals surface area contributed by atoms with Crippen molar-refractivity contribution in [2.45, 2.75) is 38.1 Å². The van der Waals surface area contributed by atoms with Gasteiger partial charge in [-0.25, -0.2) is 0 Å². The van der Waals surface area contributed by atoms with Crippen molar-refractivity contribution in [3.8, 4) is 5.75 Å². The highest BCUT2D eigenvalue weighted by atomic mass is 19.4. The SMILES string of the molecule is O=C(Cc1cccc(OC(F)(F)F)c1)Nc1cccc2c1CC(O)CC2. The minimum Gasteiger partial charge on any atom is -0.406 e. The predicted octanol–water partition coefficient (Wildman–Crippen LogP) is 3.62. The van der Waals surface area contributed by atoms with Crippen molar-refractivity contribution in [1.29, 1.82) is 0 Å². The van der Waals surface area contributed by atoms with Gasteiger partial charge < -0.3 is 15.2 Å². The molecule has 4 nitrogen and oxygen atoms in total. The number of nitrogens with one attached hydrogen (secondary N) is 1. The largest absolute Gasteiger partial charge is 0.573 e. The topological polar surface area (TPSA) is 58.6 Å². The van der Waals surface area contributed by atoms with Crippen molar-refractivity contribution in [2.24, 2.45) is 0 Å². The molecule has 0 aromatic heterocycles. The van der Waals surface area contributed by atoms with Crippen LogP contribution in [0, 0.1) is 0 Å². The molecular formula is C19H18F3NO3. The molecule has 7 heteroatoms. The summed E-state index contributed by atoms with van der Waals surface area (Å²) in [6, 6.07) is 10.9. The Bertz CT molecular complexity index is 805. The molecule has 0 spiro atoms. The van der Waals surface area contributed by atoms with Gasteiger partial charge >= 0.3 is 6.36 Å². The van der Waals surface area contributed by atoms with Crippen LogP contribution in [0.1, 0.15) is 23.1 Å². The van der Waals surface area contributed by atoms with Crippen LogP contribution in [0.4, 0.5) is 18.9 Å². The number of aryl methyl sites for hydroxylation is 1. The number of halogens is 3. The van der Waals surface area contributed by atoms with E-state index >= 15 is 0 Å². The summed E-state index contributed by atoms with van der Waals surface area (Å²) in [6.45, 7) is 0. The number of ether oxygens (including phenoxy) is 1. The molecule has 26 heavy (non-hydrogen) atoms. The van der Waals surface area contributed by atoms with Gasteiger partial charge in [0, 0.05) is 12.1 Å². The van der Waals surface area contributed by atoms with Crippen LogP contribution >= 0.6 is 0 Å². The van der Waals surface area contributed by atoms with Crippen LogP contribution < -0.4 is 10.1 Å². The lowest BCUT2D eigenvalue weighted by atomic mass is 9.88. The fourth-order valence-electron chi connectivity index (χ4n) is 3.12. The maximum Gasteiger partial charge on any atom is 0.573 e. The van der Waals surface area contributed by atoms with Gasteiger partial charge in [0.25, 0.3) is 0 Å². The van der Waals surface area contributed by atoms with Crippen LogP contribution in [0.3, 0.4) is 0 Å². The average Bonchev–Trinajstić information content (AvgIpc) is 2.54. The molecule has 2 aromatic carbocycles. The Labute approximate surface area is 148 Å². The molecule has 1 amide bonds. The Morgan fingerprint density at radius 3 is 2.77 bits per heavy atom. The number of amides is 1. The molecule has 0 saturated heterocycles. The van der Waals surface area contributed by atoms with Gasteiger partial charge in [-0.3, -0.25) is 4.79 Å². The van der Waals surface area contributed by atoms with Crippen LogP contribution in [0.5, 0.6) is 5.75 Å². The number of hydrogen-bond acceptors (Lipinski definition) is 3. The predicted molar refractivity (Wildman–Crippen MR) is 89.9 cm³/mol. The van der Waals surface area contributed by atoms with Gasteiger partial charge in [-0.05, 0) is 47.7 Å². The van der Waals surface area contributed by atoms with E-state index in [-0.39, 0.29) is 18.1 Å². The zero-order valence-electron chi connectivity index (χ0n) is 13.8. The Morgan fingerprint density at radius 2 is 2.00 bits per heavy atom. The van der Waals surface area contributed by atoms with E-state index in [4.69, 9.17) is 0 Å². The lowest BCUT2D eigenvalue weighted by Gasteiger charge is -2.23. The summed E-state index contributed by atoms with van der Waals surface area (Å²) >= 11 is 0. The first-order valence-corrected chi connectivity index (χ1v) is 8.23. The Balaban J connectivity index is 1.70. The van der Waals surface area contributed by atoms with Gasteiger partial charge in [0.1, 0.15) is 5.75 Å². The number of alkyl halides is 3. The molecule has 2 aromatic rings. The van der Waals surface area contributed by atoms with Gasteiger partial charge in [-0.1, -0.05) is 24.3 Å². The molecule has 2 N–H and O–H groups in total. The van der Waals surface area contributed by atoms with E-state index in [1.54, 1.807) is 12.1 Å². The molecular weight excluding hydrogens is 347 g/mol. The van der Waals surface area contributed by atoms with E-state index in [0.717, 1.165) is 17.5 Å². The third-order valence-electron chi connectivity index (χ3n) is 4.23. The molecule has 0 fully saturated rings. The molecule has 0 heterocycles. The lowest BCUT2D eigenvalue weighted by Crippen LogP contribution is -2.22. The fourth-order valence-corrected chi connectivity index (χ4v) is 3.12. The number of hydrogen-bond donors (Lipinski definition) is 2. The molecule has 0 saturated carbocycles. The summed E-state index contributed by atoms with van der Waals surface area (Å²) < 4.78 is 40.7. The highest BCUT2D eigenvalue weighted by molar-refractivity contribution is 5.93. The van der Waals surface area contributed by atoms with E-state index in [1.165, 1.54) is 18.2 Å². The van der Waals surface area contributed by atoms with E-state index < -0.39 is 12.5 Å². The Kier molecular flexibility index (Phi) is 5.18. The van der Waals surface area contributed by atoms with Crippen molar-refractivity contribution in [1.82, 2.24) is 0 Å². The highest BCUT2D eigenvalue weighted by Crippen LogP contribution is 2.28. The zero-order chi connectivity index (χ0) is 18.7. The molecule has 0 aliphatic heterocycles. The normalized spacial score (nSPS) is 16.7. The number of carbonyl (C=O) groups is 1.